The van der Waals surface area contributed by atoms with E-state index in [9.17, 15) is 23.2 Å². The Bertz CT molecular complexity index is 1500. The zero-order chi connectivity index (χ0) is 24.8. The Labute approximate surface area is 197 Å². The van der Waals surface area contributed by atoms with Crippen LogP contribution in [0.4, 0.5) is 19.1 Å². The fourth-order valence-electron chi connectivity index (χ4n) is 3.11. The number of anilines is 1. The van der Waals surface area contributed by atoms with E-state index in [4.69, 9.17) is 4.74 Å². The summed E-state index contributed by atoms with van der Waals surface area (Å²) in [5.74, 6) is -2.35. The van der Waals surface area contributed by atoms with E-state index in [0.717, 1.165) is 18.2 Å². The number of hydrogen-bond donors (Lipinski definition) is 2. The Hall–Kier alpha value is -4.91. The average molecular weight is 475 g/mol. The van der Waals surface area contributed by atoms with Gasteiger partial charge in [0.1, 0.15) is 29.9 Å². The average Bonchev–Trinajstić information content (AvgIpc) is 2.85. The van der Waals surface area contributed by atoms with Crippen LogP contribution in [-0.4, -0.2) is 16.2 Å². The van der Waals surface area contributed by atoms with Crippen LogP contribution in [0.1, 0.15) is 16.7 Å². The van der Waals surface area contributed by atoms with Crippen LogP contribution in [0, 0.1) is 28.8 Å². The van der Waals surface area contributed by atoms with Gasteiger partial charge in [0.25, 0.3) is 5.56 Å². The smallest absolute Gasteiger partial charge is 0.270 e. The maximum Gasteiger partial charge on any atom is 0.270 e. The van der Waals surface area contributed by atoms with Crippen molar-refractivity contribution in [1.29, 1.82) is 5.26 Å². The molecule has 0 aliphatic carbocycles. The molecule has 3 aromatic carbocycles. The van der Waals surface area contributed by atoms with Crippen LogP contribution in [0.5, 0.6) is 5.75 Å². The van der Waals surface area contributed by atoms with Gasteiger partial charge in [0, 0.05) is 17.2 Å². The van der Waals surface area contributed by atoms with Crippen LogP contribution in [0.3, 0.4) is 0 Å². The summed E-state index contributed by atoms with van der Waals surface area (Å²) in [5.41, 5.74) is 3.00. The molecular formula is C25H16F3N5O2. The van der Waals surface area contributed by atoms with Crippen LogP contribution in [0.2, 0.25) is 0 Å². The molecule has 0 fully saturated rings. The minimum Gasteiger partial charge on any atom is -0.486 e. The third-order valence-electron chi connectivity index (χ3n) is 4.82. The second-order valence-corrected chi connectivity index (χ2v) is 7.20. The number of hydrogen-bond acceptors (Lipinski definition) is 6. The number of halogens is 3. The molecule has 4 rings (SSSR count). The summed E-state index contributed by atoms with van der Waals surface area (Å²) < 4.78 is 46.4. The number of benzene rings is 3. The molecule has 174 valence electrons. The Morgan fingerprint density at radius 1 is 1.06 bits per heavy atom. The van der Waals surface area contributed by atoms with Crippen LogP contribution in [0.15, 0.2) is 76.6 Å². The molecule has 0 aliphatic heterocycles. The molecule has 0 atom stereocenters. The van der Waals surface area contributed by atoms with Gasteiger partial charge in [-0.15, -0.1) is 0 Å². The first-order chi connectivity index (χ1) is 16.9. The molecule has 7 nitrogen and oxygen atoms in total. The second kappa shape index (κ2) is 10.4. The monoisotopic (exact) mass is 475 g/mol. The number of nitrogens with one attached hydrogen (secondary N) is 2. The van der Waals surface area contributed by atoms with Crippen molar-refractivity contribution in [3.63, 3.8) is 0 Å². The van der Waals surface area contributed by atoms with Gasteiger partial charge in [0.2, 0.25) is 5.95 Å². The standard InChI is InChI=1S/C25H16F3N5O2/c26-18-8-7-17(20(27)11-18)14-35-22-9-6-15(10-21(22)28)13-30-33-25-31-23(16-4-2-1-3-5-16)19(12-29)24(34)32-25/h1-11,13H,14H2,(H2,31,32,33,34). The van der Waals surface area contributed by atoms with E-state index in [-0.39, 0.29) is 35.1 Å². The second-order valence-electron chi connectivity index (χ2n) is 7.20. The number of hydrazone groups is 1. The number of ether oxygens (including phenoxy) is 1. The number of aromatic amines is 1. The van der Waals surface area contributed by atoms with Crippen molar-refractivity contribution < 1.29 is 17.9 Å². The highest BCUT2D eigenvalue weighted by Crippen LogP contribution is 2.21. The molecule has 0 bridgehead atoms. The number of rotatable bonds is 7. The fraction of sp³-hybridized carbons (Fsp3) is 0.0400. The molecule has 0 saturated heterocycles. The third kappa shape index (κ3) is 5.54. The Balaban J connectivity index is 1.46. The van der Waals surface area contributed by atoms with Crippen molar-refractivity contribution in [2.45, 2.75) is 6.61 Å². The van der Waals surface area contributed by atoms with Crippen LogP contribution in [0.25, 0.3) is 11.3 Å². The molecule has 10 heteroatoms. The molecule has 35 heavy (non-hydrogen) atoms. The molecular weight excluding hydrogens is 459 g/mol. The lowest BCUT2D eigenvalue weighted by atomic mass is 10.1. The third-order valence-corrected chi connectivity index (χ3v) is 4.82. The Kier molecular flexibility index (Phi) is 6.88. The largest absolute Gasteiger partial charge is 0.486 e. The van der Waals surface area contributed by atoms with Crippen LogP contribution >= 0.6 is 0 Å². The first kappa shape index (κ1) is 23.3. The summed E-state index contributed by atoms with van der Waals surface area (Å²) in [6, 6.07) is 17.6. The SMILES string of the molecule is N#Cc1c(-c2ccccc2)nc(NN=Cc2ccc(OCc3ccc(F)cc3F)c(F)c2)[nH]c1=O. The molecule has 0 radical (unpaired) electrons. The summed E-state index contributed by atoms with van der Waals surface area (Å²) in [4.78, 5) is 18.9. The van der Waals surface area contributed by atoms with E-state index in [1.54, 1.807) is 30.3 Å². The van der Waals surface area contributed by atoms with E-state index in [1.165, 1.54) is 24.4 Å². The minimum absolute atomic E-state index is 0.00847. The summed E-state index contributed by atoms with van der Waals surface area (Å²) in [6.45, 7) is -0.278. The van der Waals surface area contributed by atoms with Gasteiger partial charge < -0.3 is 4.74 Å². The number of aromatic nitrogens is 2. The predicted octanol–water partition coefficient (Wildman–Crippen LogP) is 4.75. The quantitative estimate of drug-likeness (QED) is 0.297. The lowest BCUT2D eigenvalue weighted by Crippen LogP contribution is -2.16. The van der Waals surface area contributed by atoms with Gasteiger partial charge in [-0.3, -0.25) is 9.78 Å². The van der Waals surface area contributed by atoms with E-state index in [2.05, 4.69) is 20.5 Å². The molecule has 2 N–H and O–H groups in total. The van der Waals surface area contributed by atoms with Crippen molar-refractivity contribution in [1.82, 2.24) is 9.97 Å². The normalized spacial score (nSPS) is 10.8. The molecule has 1 heterocycles. The van der Waals surface area contributed by atoms with Gasteiger partial charge >= 0.3 is 0 Å². The Morgan fingerprint density at radius 2 is 1.86 bits per heavy atom. The summed E-state index contributed by atoms with van der Waals surface area (Å²) in [5, 5.41) is 13.3. The molecule has 1 aromatic heterocycles. The lowest BCUT2D eigenvalue weighted by molar-refractivity contribution is 0.284. The molecule has 0 spiro atoms. The predicted molar refractivity (Wildman–Crippen MR) is 123 cm³/mol. The van der Waals surface area contributed by atoms with Crippen LogP contribution < -0.4 is 15.7 Å². The highest BCUT2D eigenvalue weighted by atomic mass is 19.1. The van der Waals surface area contributed by atoms with Crippen LogP contribution in [-0.2, 0) is 6.61 Å². The summed E-state index contributed by atoms with van der Waals surface area (Å²) in [7, 11) is 0. The molecule has 0 aliphatic rings. The van der Waals surface area contributed by atoms with Crippen molar-refractivity contribution in [2.24, 2.45) is 5.10 Å². The van der Waals surface area contributed by atoms with Crippen molar-refractivity contribution in [3.8, 4) is 23.1 Å². The van der Waals surface area contributed by atoms with E-state index in [0.29, 0.717) is 11.1 Å². The number of nitrogens with zero attached hydrogens (tertiary/aromatic N) is 3. The minimum atomic E-state index is -0.787. The maximum absolute atomic E-state index is 14.4. The number of nitriles is 1. The molecule has 0 saturated carbocycles. The van der Waals surface area contributed by atoms with Gasteiger partial charge in [-0.2, -0.15) is 10.4 Å². The van der Waals surface area contributed by atoms with Gasteiger partial charge in [-0.05, 0) is 35.9 Å². The summed E-state index contributed by atoms with van der Waals surface area (Å²) in [6.07, 6.45) is 1.28. The van der Waals surface area contributed by atoms with Crippen molar-refractivity contribution >= 4 is 12.2 Å². The Morgan fingerprint density at radius 3 is 2.57 bits per heavy atom. The molecule has 4 aromatic rings. The van der Waals surface area contributed by atoms with E-state index in [1.807, 2.05) is 6.07 Å². The van der Waals surface area contributed by atoms with Crippen molar-refractivity contribution in [3.05, 3.63) is 111 Å². The van der Waals surface area contributed by atoms with E-state index < -0.39 is 23.0 Å². The zero-order valence-electron chi connectivity index (χ0n) is 17.9. The zero-order valence-corrected chi connectivity index (χ0v) is 17.9. The molecule has 0 amide bonds. The highest BCUT2D eigenvalue weighted by molar-refractivity contribution is 5.80. The number of H-pyrrole nitrogens is 1. The first-order valence-electron chi connectivity index (χ1n) is 10.2. The van der Waals surface area contributed by atoms with Gasteiger partial charge in [-0.1, -0.05) is 30.3 Å². The van der Waals surface area contributed by atoms with Gasteiger partial charge in [-0.25, -0.2) is 23.6 Å². The summed E-state index contributed by atoms with van der Waals surface area (Å²) >= 11 is 0. The van der Waals surface area contributed by atoms with Crippen molar-refractivity contribution in [2.75, 3.05) is 5.43 Å². The lowest BCUT2D eigenvalue weighted by Gasteiger charge is -2.09. The van der Waals surface area contributed by atoms with Gasteiger partial charge in [0.05, 0.1) is 11.9 Å². The van der Waals surface area contributed by atoms with E-state index >= 15 is 0 Å². The molecule has 0 unspecified atom stereocenters. The highest BCUT2D eigenvalue weighted by Gasteiger charge is 2.13. The van der Waals surface area contributed by atoms with Gasteiger partial charge in [0.15, 0.2) is 11.6 Å². The maximum atomic E-state index is 14.4. The first-order valence-corrected chi connectivity index (χ1v) is 10.2. The fourth-order valence-corrected chi connectivity index (χ4v) is 3.11. The topological polar surface area (TPSA) is 103 Å².